The van der Waals surface area contributed by atoms with Crippen LogP contribution in [0.25, 0.3) is 0 Å². The Morgan fingerprint density at radius 1 is 1.47 bits per heavy atom. The molecular weight excluding hydrogens is 244 g/mol. The Balaban J connectivity index is 1.69. The molecule has 1 aliphatic carbocycles. The van der Waals surface area contributed by atoms with Gasteiger partial charge in [0.2, 0.25) is 0 Å². The van der Waals surface area contributed by atoms with Gasteiger partial charge in [0.05, 0.1) is 0 Å². The summed E-state index contributed by atoms with van der Waals surface area (Å²) in [7, 11) is 1.77. The Kier molecular flexibility index (Phi) is 3.80. The van der Waals surface area contributed by atoms with E-state index < -0.39 is 11.8 Å². The summed E-state index contributed by atoms with van der Waals surface area (Å²) < 4.78 is 5.35. The number of aliphatic hydroxyl groups is 1. The molecule has 1 aliphatic heterocycles. The van der Waals surface area contributed by atoms with Crippen LogP contribution in [0.15, 0.2) is 0 Å². The zero-order valence-electron chi connectivity index (χ0n) is 12.4. The van der Waals surface area contributed by atoms with Crippen molar-refractivity contribution in [1.29, 1.82) is 0 Å². The molecule has 1 heterocycles. The van der Waals surface area contributed by atoms with Crippen molar-refractivity contribution < 1.29 is 14.6 Å². The van der Waals surface area contributed by atoms with E-state index in [1.54, 1.807) is 11.9 Å². The maximum Gasteiger partial charge on any atom is 0.410 e. The zero-order valence-corrected chi connectivity index (χ0v) is 12.4. The van der Waals surface area contributed by atoms with Crippen LogP contribution in [-0.4, -0.2) is 48.1 Å². The number of carbonyl (C=O) groups is 1. The van der Waals surface area contributed by atoms with Crippen molar-refractivity contribution in [3.8, 4) is 0 Å². The summed E-state index contributed by atoms with van der Waals surface area (Å²) in [6, 6.07) is 0. The number of nitrogens with one attached hydrogen (secondary N) is 1. The van der Waals surface area contributed by atoms with E-state index in [1.807, 2.05) is 20.8 Å². The molecule has 2 N–H and O–H groups in total. The highest BCUT2D eigenvalue weighted by Crippen LogP contribution is 2.53. The van der Waals surface area contributed by atoms with Gasteiger partial charge in [0.15, 0.2) is 0 Å². The normalized spacial score (nSPS) is 23.7. The van der Waals surface area contributed by atoms with Gasteiger partial charge in [0.1, 0.15) is 11.8 Å². The van der Waals surface area contributed by atoms with Gasteiger partial charge >= 0.3 is 6.09 Å². The van der Waals surface area contributed by atoms with Crippen molar-refractivity contribution in [1.82, 2.24) is 10.2 Å². The van der Waals surface area contributed by atoms with Crippen LogP contribution in [0.5, 0.6) is 0 Å². The van der Waals surface area contributed by atoms with Crippen molar-refractivity contribution in [2.24, 2.45) is 11.3 Å². The van der Waals surface area contributed by atoms with E-state index in [-0.39, 0.29) is 6.09 Å². The van der Waals surface area contributed by atoms with Gasteiger partial charge in [-0.25, -0.2) is 4.79 Å². The number of nitrogens with zero attached hydrogens (tertiary/aromatic N) is 1. The molecule has 1 spiro atoms. The van der Waals surface area contributed by atoms with Crippen molar-refractivity contribution in [3.05, 3.63) is 0 Å². The first-order valence-electron chi connectivity index (χ1n) is 7.06. The molecule has 0 aromatic rings. The highest BCUT2D eigenvalue weighted by molar-refractivity contribution is 5.69. The highest BCUT2D eigenvalue weighted by Gasteiger charge is 2.54. The smallest absolute Gasteiger partial charge is 0.410 e. The molecule has 0 radical (unpaired) electrons. The molecule has 0 aromatic heterocycles. The number of hydrogen-bond acceptors (Lipinski definition) is 4. The van der Waals surface area contributed by atoms with Crippen LogP contribution in [0.1, 0.15) is 40.0 Å². The Hall–Kier alpha value is -0.810. The van der Waals surface area contributed by atoms with Gasteiger partial charge in [-0.2, -0.15) is 0 Å². The van der Waals surface area contributed by atoms with Crippen molar-refractivity contribution in [2.45, 2.75) is 51.9 Å². The van der Waals surface area contributed by atoms with Gasteiger partial charge in [-0.1, -0.05) is 0 Å². The summed E-state index contributed by atoms with van der Waals surface area (Å²) in [5, 5.41) is 12.4. The average Bonchev–Trinajstić information content (AvgIpc) is 2.16. The van der Waals surface area contributed by atoms with Gasteiger partial charge < -0.3 is 14.7 Å². The van der Waals surface area contributed by atoms with E-state index >= 15 is 0 Å². The second-order valence-corrected chi connectivity index (χ2v) is 7.15. The first kappa shape index (κ1) is 14.6. The van der Waals surface area contributed by atoms with E-state index in [0.717, 1.165) is 32.4 Å². The van der Waals surface area contributed by atoms with Gasteiger partial charge in [0, 0.05) is 18.5 Å². The molecule has 2 aliphatic rings. The van der Waals surface area contributed by atoms with Crippen LogP contribution in [0, 0.1) is 11.3 Å². The minimum atomic E-state index is -0.418. The van der Waals surface area contributed by atoms with Crippen LogP contribution < -0.4 is 5.32 Å². The van der Waals surface area contributed by atoms with E-state index in [1.165, 1.54) is 0 Å². The van der Waals surface area contributed by atoms with Crippen LogP contribution in [0.3, 0.4) is 0 Å². The number of carbonyl (C=O) groups excluding carboxylic acids is 1. The van der Waals surface area contributed by atoms with Crippen LogP contribution in [0.2, 0.25) is 0 Å². The predicted octanol–water partition coefficient (Wildman–Crippen LogP) is 1.56. The third-order valence-corrected chi connectivity index (χ3v) is 4.04. The lowest BCUT2D eigenvalue weighted by molar-refractivity contribution is -0.104. The van der Waals surface area contributed by atoms with Gasteiger partial charge in [0.25, 0.3) is 0 Å². The zero-order chi connectivity index (χ0) is 14.3. The van der Waals surface area contributed by atoms with Crippen LogP contribution in [-0.2, 0) is 4.74 Å². The Bertz CT molecular complexity index is 337. The summed E-state index contributed by atoms with van der Waals surface area (Å²) in [4.78, 5) is 13.6. The van der Waals surface area contributed by atoms with Crippen LogP contribution >= 0.6 is 0 Å². The first-order valence-corrected chi connectivity index (χ1v) is 7.06. The topological polar surface area (TPSA) is 61.8 Å². The first-order chi connectivity index (χ1) is 8.73. The number of hydrogen-bond donors (Lipinski definition) is 2. The second kappa shape index (κ2) is 4.94. The van der Waals surface area contributed by atoms with E-state index in [9.17, 15) is 9.90 Å². The minimum absolute atomic E-state index is 0.197. The molecule has 0 bridgehead atoms. The molecule has 19 heavy (non-hydrogen) atoms. The number of amides is 1. The monoisotopic (exact) mass is 270 g/mol. The lowest BCUT2D eigenvalue weighted by Gasteiger charge is -2.59. The fourth-order valence-electron chi connectivity index (χ4n) is 3.24. The molecular formula is C14H26N2O3. The third kappa shape index (κ3) is 3.39. The third-order valence-electron chi connectivity index (χ3n) is 4.04. The number of likely N-dealkylation sites (tertiary alicyclic amines) is 1. The molecule has 2 rings (SSSR count). The number of ether oxygens (including phenoxy) is 1. The fourth-order valence-corrected chi connectivity index (χ4v) is 3.24. The minimum Gasteiger partial charge on any atom is -0.444 e. The summed E-state index contributed by atoms with van der Waals surface area (Å²) in [6.07, 6.45) is 2.45. The summed E-state index contributed by atoms with van der Waals surface area (Å²) in [5.41, 5.74) is -0.103. The van der Waals surface area contributed by atoms with E-state index in [4.69, 9.17) is 4.74 Å². The molecule has 1 atom stereocenters. The lowest BCUT2D eigenvalue weighted by Crippen LogP contribution is -2.64. The molecule has 1 saturated carbocycles. The molecule has 2 fully saturated rings. The Labute approximate surface area is 115 Å². The average molecular weight is 270 g/mol. The van der Waals surface area contributed by atoms with E-state index in [0.29, 0.717) is 11.3 Å². The van der Waals surface area contributed by atoms with E-state index in [2.05, 4.69) is 5.32 Å². The predicted molar refractivity (Wildman–Crippen MR) is 72.6 cm³/mol. The Morgan fingerprint density at radius 3 is 2.53 bits per heavy atom. The van der Waals surface area contributed by atoms with Crippen LogP contribution in [0.4, 0.5) is 4.79 Å². The fraction of sp³-hybridized carbons (Fsp3) is 0.929. The molecule has 5 nitrogen and oxygen atoms in total. The summed E-state index contributed by atoms with van der Waals surface area (Å²) >= 11 is 0. The standard InChI is InChI=1S/C14H26N2O3/c1-13(2,3)19-12(18)16-8-14(9-16)6-10(7-14)5-11(17)15-4/h10-11,15,17H,5-9H2,1-4H3. The van der Waals surface area contributed by atoms with Crippen molar-refractivity contribution >= 4 is 6.09 Å². The number of rotatable bonds is 3. The summed E-state index contributed by atoms with van der Waals surface area (Å²) in [5.74, 6) is 0.586. The molecule has 5 heteroatoms. The van der Waals surface area contributed by atoms with Crippen molar-refractivity contribution in [3.63, 3.8) is 0 Å². The summed E-state index contributed by atoms with van der Waals surface area (Å²) in [6.45, 7) is 7.29. The second-order valence-electron chi connectivity index (χ2n) is 7.15. The van der Waals surface area contributed by atoms with Gasteiger partial charge in [-0.3, -0.25) is 5.32 Å². The molecule has 110 valence electrons. The van der Waals surface area contributed by atoms with Gasteiger partial charge in [-0.15, -0.1) is 0 Å². The quantitative estimate of drug-likeness (QED) is 0.764. The highest BCUT2D eigenvalue weighted by atomic mass is 16.6. The molecule has 1 saturated heterocycles. The SMILES string of the molecule is CNC(O)CC1CC2(C1)CN(C(=O)OC(C)(C)C)C2. The largest absolute Gasteiger partial charge is 0.444 e. The maximum absolute atomic E-state index is 11.8. The maximum atomic E-state index is 11.8. The molecule has 1 unspecified atom stereocenters. The lowest BCUT2D eigenvalue weighted by atomic mass is 9.57. The Morgan fingerprint density at radius 2 is 2.05 bits per heavy atom. The van der Waals surface area contributed by atoms with Gasteiger partial charge in [-0.05, 0) is 53.0 Å². The van der Waals surface area contributed by atoms with Crippen molar-refractivity contribution in [2.75, 3.05) is 20.1 Å². The number of aliphatic hydroxyl groups excluding tert-OH is 1. The molecule has 0 aromatic carbocycles. The molecule has 1 amide bonds.